The van der Waals surface area contributed by atoms with Crippen LogP contribution in [0.4, 0.5) is 0 Å². The summed E-state index contributed by atoms with van der Waals surface area (Å²) in [5.74, 6) is -0.665. The fourth-order valence-electron chi connectivity index (χ4n) is 2.96. The highest BCUT2D eigenvalue weighted by atomic mass is 16.6. The Kier molecular flexibility index (Phi) is 10.6. The Morgan fingerprint density at radius 3 is 1.81 bits per heavy atom. The molecule has 0 unspecified atom stereocenters. The molecule has 21 heavy (non-hydrogen) atoms. The van der Waals surface area contributed by atoms with E-state index in [2.05, 4.69) is 6.92 Å². The maximum atomic E-state index is 10.4. The topological polar surface area (TPSA) is 49.8 Å². The van der Waals surface area contributed by atoms with Crippen molar-refractivity contribution >= 4 is 5.97 Å². The number of carbonyl (C=O) groups is 1. The SMILES string of the molecule is CCCCCCC[C@@H]1O[C@@H]1CCCCCCCCC(=O)O. The molecule has 0 aromatic rings. The summed E-state index contributed by atoms with van der Waals surface area (Å²) in [5, 5.41) is 8.54. The third-order valence-electron chi connectivity index (χ3n) is 4.41. The second-order valence-corrected chi connectivity index (χ2v) is 6.47. The molecule has 1 N–H and O–H groups in total. The van der Waals surface area contributed by atoms with Crippen LogP contribution in [0, 0.1) is 0 Å². The predicted octanol–water partition coefficient (Wildman–Crippen LogP) is 5.32. The fourth-order valence-corrected chi connectivity index (χ4v) is 2.96. The standard InChI is InChI=1S/C18H34O3/c1-2-3-4-7-10-13-16-17(21-16)14-11-8-5-6-9-12-15-18(19)20/h16-17H,2-15H2,1H3,(H,19,20)/t16-,17+/m0/s1. The van der Waals surface area contributed by atoms with Crippen molar-refractivity contribution in [1.82, 2.24) is 0 Å². The van der Waals surface area contributed by atoms with Gasteiger partial charge in [-0.05, 0) is 19.3 Å². The monoisotopic (exact) mass is 298 g/mol. The van der Waals surface area contributed by atoms with E-state index in [9.17, 15) is 4.79 Å². The zero-order valence-corrected chi connectivity index (χ0v) is 13.8. The fraction of sp³-hybridized carbons (Fsp3) is 0.944. The lowest BCUT2D eigenvalue weighted by Gasteiger charge is -2.00. The first-order valence-corrected chi connectivity index (χ1v) is 9.11. The van der Waals surface area contributed by atoms with Crippen molar-refractivity contribution in [3.05, 3.63) is 0 Å². The number of rotatable bonds is 15. The molecule has 0 bridgehead atoms. The Bertz CT molecular complexity index is 265. The maximum Gasteiger partial charge on any atom is 0.303 e. The number of aliphatic carboxylic acids is 1. The van der Waals surface area contributed by atoms with E-state index < -0.39 is 5.97 Å². The molecule has 2 atom stereocenters. The summed E-state index contributed by atoms with van der Waals surface area (Å²) in [5.41, 5.74) is 0. The number of epoxide rings is 1. The molecule has 1 aliphatic rings. The van der Waals surface area contributed by atoms with Gasteiger partial charge in [-0.25, -0.2) is 0 Å². The van der Waals surface area contributed by atoms with Crippen molar-refractivity contribution in [2.45, 2.75) is 109 Å². The van der Waals surface area contributed by atoms with Crippen LogP contribution < -0.4 is 0 Å². The lowest BCUT2D eigenvalue weighted by atomic mass is 10.0. The molecule has 0 amide bonds. The van der Waals surface area contributed by atoms with Gasteiger partial charge in [-0.15, -0.1) is 0 Å². The minimum atomic E-state index is -0.665. The maximum absolute atomic E-state index is 10.4. The van der Waals surface area contributed by atoms with E-state index in [1.807, 2.05) is 0 Å². The Morgan fingerprint density at radius 1 is 0.810 bits per heavy atom. The normalized spacial score (nSPS) is 20.6. The van der Waals surface area contributed by atoms with E-state index in [4.69, 9.17) is 9.84 Å². The van der Waals surface area contributed by atoms with Crippen LogP contribution in [-0.4, -0.2) is 23.3 Å². The minimum Gasteiger partial charge on any atom is -0.481 e. The van der Waals surface area contributed by atoms with E-state index in [0.717, 1.165) is 12.8 Å². The van der Waals surface area contributed by atoms with Crippen molar-refractivity contribution in [3.63, 3.8) is 0 Å². The Balaban J connectivity index is 1.76. The Hall–Kier alpha value is -0.570. The molecule has 0 aliphatic carbocycles. The van der Waals surface area contributed by atoms with Gasteiger partial charge in [0.2, 0.25) is 0 Å². The third kappa shape index (κ3) is 10.8. The number of carboxylic acids is 1. The molecule has 1 rings (SSSR count). The van der Waals surface area contributed by atoms with Crippen molar-refractivity contribution in [2.75, 3.05) is 0 Å². The Morgan fingerprint density at radius 2 is 1.29 bits per heavy atom. The lowest BCUT2D eigenvalue weighted by molar-refractivity contribution is -0.137. The highest BCUT2D eigenvalue weighted by Crippen LogP contribution is 2.31. The quantitative estimate of drug-likeness (QED) is 0.329. The molecule has 1 aliphatic heterocycles. The van der Waals surface area contributed by atoms with Crippen LogP contribution in [0.5, 0.6) is 0 Å². The smallest absolute Gasteiger partial charge is 0.303 e. The van der Waals surface area contributed by atoms with Crippen LogP contribution in [0.25, 0.3) is 0 Å². The lowest BCUT2D eigenvalue weighted by Crippen LogP contribution is -1.95. The van der Waals surface area contributed by atoms with Gasteiger partial charge in [0.15, 0.2) is 0 Å². The molecule has 0 radical (unpaired) electrons. The van der Waals surface area contributed by atoms with Crippen molar-refractivity contribution in [1.29, 1.82) is 0 Å². The van der Waals surface area contributed by atoms with E-state index in [-0.39, 0.29) is 0 Å². The molecule has 0 spiro atoms. The molecule has 1 fully saturated rings. The molecule has 3 heteroatoms. The summed E-state index contributed by atoms with van der Waals surface area (Å²) in [6, 6.07) is 0. The van der Waals surface area contributed by atoms with E-state index in [0.29, 0.717) is 18.6 Å². The van der Waals surface area contributed by atoms with E-state index >= 15 is 0 Å². The van der Waals surface area contributed by atoms with E-state index in [1.165, 1.54) is 70.6 Å². The summed E-state index contributed by atoms with van der Waals surface area (Å²) in [6.45, 7) is 2.26. The van der Waals surface area contributed by atoms with E-state index in [1.54, 1.807) is 0 Å². The van der Waals surface area contributed by atoms with Crippen LogP contribution >= 0.6 is 0 Å². The highest BCUT2D eigenvalue weighted by Gasteiger charge is 2.36. The summed E-state index contributed by atoms with van der Waals surface area (Å²) in [7, 11) is 0. The van der Waals surface area contributed by atoms with Gasteiger partial charge >= 0.3 is 5.97 Å². The molecule has 124 valence electrons. The highest BCUT2D eigenvalue weighted by molar-refractivity contribution is 5.66. The summed E-state index contributed by atoms with van der Waals surface area (Å²) in [4.78, 5) is 10.4. The van der Waals surface area contributed by atoms with Crippen molar-refractivity contribution in [2.24, 2.45) is 0 Å². The average molecular weight is 298 g/mol. The van der Waals surface area contributed by atoms with Gasteiger partial charge < -0.3 is 9.84 Å². The van der Waals surface area contributed by atoms with Gasteiger partial charge in [0.05, 0.1) is 12.2 Å². The van der Waals surface area contributed by atoms with Gasteiger partial charge in [-0.3, -0.25) is 4.79 Å². The molecular weight excluding hydrogens is 264 g/mol. The van der Waals surface area contributed by atoms with Gasteiger partial charge in [0.1, 0.15) is 0 Å². The molecule has 0 aromatic heterocycles. The molecule has 0 aromatic carbocycles. The third-order valence-corrected chi connectivity index (χ3v) is 4.41. The number of unbranched alkanes of at least 4 members (excludes halogenated alkanes) is 9. The van der Waals surface area contributed by atoms with Crippen LogP contribution in [-0.2, 0) is 9.53 Å². The zero-order valence-electron chi connectivity index (χ0n) is 13.8. The molecular formula is C18H34O3. The first kappa shape index (κ1) is 18.5. The zero-order chi connectivity index (χ0) is 15.3. The first-order chi connectivity index (χ1) is 10.2. The number of ether oxygens (including phenoxy) is 1. The molecule has 1 saturated heterocycles. The van der Waals surface area contributed by atoms with Gasteiger partial charge in [-0.2, -0.15) is 0 Å². The Labute approximate surface area is 130 Å². The van der Waals surface area contributed by atoms with Crippen LogP contribution in [0.3, 0.4) is 0 Å². The largest absolute Gasteiger partial charge is 0.481 e. The first-order valence-electron chi connectivity index (χ1n) is 9.11. The predicted molar refractivity (Wildman–Crippen MR) is 86.6 cm³/mol. The molecule has 1 heterocycles. The summed E-state index contributed by atoms with van der Waals surface area (Å²) < 4.78 is 5.73. The summed E-state index contributed by atoms with van der Waals surface area (Å²) in [6.07, 6.45) is 17.6. The second kappa shape index (κ2) is 12.0. The molecule has 3 nitrogen and oxygen atoms in total. The van der Waals surface area contributed by atoms with Crippen LogP contribution in [0.15, 0.2) is 0 Å². The minimum absolute atomic E-state index is 0.329. The summed E-state index contributed by atoms with van der Waals surface area (Å²) >= 11 is 0. The number of hydrogen-bond acceptors (Lipinski definition) is 2. The number of carboxylic acid groups (broad SMARTS) is 1. The van der Waals surface area contributed by atoms with Crippen molar-refractivity contribution < 1.29 is 14.6 Å². The average Bonchev–Trinajstić information content (AvgIpc) is 3.20. The van der Waals surface area contributed by atoms with Gasteiger partial charge in [0.25, 0.3) is 0 Å². The van der Waals surface area contributed by atoms with Crippen LogP contribution in [0.2, 0.25) is 0 Å². The molecule has 0 saturated carbocycles. The van der Waals surface area contributed by atoms with Gasteiger partial charge in [0, 0.05) is 6.42 Å². The number of hydrogen-bond donors (Lipinski definition) is 1. The van der Waals surface area contributed by atoms with Crippen LogP contribution in [0.1, 0.15) is 96.8 Å². The second-order valence-electron chi connectivity index (χ2n) is 6.47. The van der Waals surface area contributed by atoms with Crippen molar-refractivity contribution in [3.8, 4) is 0 Å². The van der Waals surface area contributed by atoms with Gasteiger partial charge in [-0.1, -0.05) is 71.1 Å².